The van der Waals surface area contributed by atoms with Crippen molar-refractivity contribution in [2.45, 2.75) is 31.8 Å². The van der Waals surface area contributed by atoms with Crippen LogP contribution in [0.1, 0.15) is 25.0 Å². The molecule has 4 heterocycles. The lowest BCUT2D eigenvalue weighted by Crippen LogP contribution is -2.55. The topological polar surface area (TPSA) is 82.8 Å². The van der Waals surface area contributed by atoms with E-state index in [0.29, 0.717) is 39.4 Å². The van der Waals surface area contributed by atoms with E-state index in [9.17, 15) is 4.79 Å². The predicted octanol–water partition coefficient (Wildman–Crippen LogP) is 0.813. The first-order chi connectivity index (χ1) is 15.8. The Hall–Kier alpha value is -2.10. The zero-order valence-electron chi connectivity index (χ0n) is 19.0. The first-order valence-corrected chi connectivity index (χ1v) is 12.0. The number of carbonyl (C=O) groups is 1. The number of amides is 1. The Kier molecular flexibility index (Phi) is 8.81. The first kappa shape index (κ1) is 23.1. The molecule has 1 amide bonds. The van der Waals surface area contributed by atoms with E-state index >= 15 is 0 Å². The van der Waals surface area contributed by atoms with Crippen molar-refractivity contribution in [2.75, 3.05) is 78.7 Å². The van der Waals surface area contributed by atoms with Crippen LogP contribution in [0.15, 0.2) is 27.8 Å². The van der Waals surface area contributed by atoms with Crippen LogP contribution >= 0.6 is 0 Å². The maximum Gasteiger partial charge on any atom is 0.236 e. The highest BCUT2D eigenvalue weighted by molar-refractivity contribution is 5.80. The van der Waals surface area contributed by atoms with Gasteiger partial charge in [-0.25, -0.2) is 0 Å². The van der Waals surface area contributed by atoms with Gasteiger partial charge in [-0.1, -0.05) is 0 Å². The van der Waals surface area contributed by atoms with E-state index in [1.807, 2.05) is 17.0 Å². The predicted molar refractivity (Wildman–Crippen MR) is 122 cm³/mol. The second-order valence-corrected chi connectivity index (χ2v) is 8.67. The summed E-state index contributed by atoms with van der Waals surface area (Å²) < 4.78 is 16.7. The fourth-order valence-electron chi connectivity index (χ4n) is 4.38. The van der Waals surface area contributed by atoms with Crippen molar-refractivity contribution in [1.29, 1.82) is 0 Å². The average molecular weight is 448 g/mol. The lowest BCUT2D eigenvalue weighted by Gasteiger charge is -2.37. The molecular weight excluding hydrogens is 410 g/mol. The molecule has 0 spiro atoms. The molecule has 0 aliphatic carbocycles. The molecule has 1 N–H and O–H groups in total. The average Bonchev–Trinajstić information content (AvgIpc) is 3.37. The van der Waals surface area contributed by atoms with E-state index in [0.717, 1.165) is 70.3 Å². The van der Waals surface area contributed by atoms with Crippen molar-refractivity contribution in [3.63, 3.8) is 0 Å². The lowest BCUT2D eigenvalue weighted by atomic mass is 10.1. The summed E-state index contributed by atoms with van der Waals surface area (Å²) in [4.78, 5) is 24.0. The van der Waals surface area contributed by atoms with Crippen molar-refractivity contribution in [3.05, 3.63) is 24.2 Å². The van der Waals surface area contributed by atoms with Crippen molar-refractivity contribution in [2.24, 2.45) is 4.99 Å². The molecule has 0 saturated carbocycles. The van der Waals surface area contributed by atoms with Gasteiger partial charge in [0.15, 0.2) is 5.96 Å². The molecule has 9 heteroatoms. The Morgan fingerprint density at radius 2 is 1.91 bits per heavy atom. The van der Waals surface area contributed by atoms with E-state index < -0.39 is 0 Å². The summed E-state index contributed by atoms with van der Waals surface area (Å²) in [5, 5.41) is 3.53. The van der Waals surface area contributed by atoms with Crippen LogP contribution in [0.4, 0.5) is 0 Å². The minimum atomic E-state index is 0.210. The van der Waals surface area contributed by atoms with Gasteiger partial charge >= 0.3 is 0 Å². The van der Waals surface area contributed by atoms with E-state index in [4.69, 9.17) is 18.9 Å². The summed E-state index contributed by atoms with van der Waals surface area (Å²) in [6.45, 7) is 8.93. The maximum atomic E-state index is 12.6. The van der Waals surface area contributed by atoms with Crippen molar-refractivity contribution in [1.82, 2.24) is 20.0 Å². The smallest absolute Gasteiger partial charge is 0.236 e. The van der Waals surface area contributed by atoms with Crippen LogP contribution in [-0.4, -0.2) is 111 Å². The molecule has 1 aromatic heterocycles. The van der Waals surface area contributed by atoms with Gasteiger partial charge in [-0.05, 0) is 31.4 Å². The number of hydrogen-bond acceptors (Lipinski definition) is 6. The van der Waals surface area contributed by atoms with Gasteiger partial charge in [0.1, 0.15) is 5.76 Å². The molecule has 1 unspecified atom stereocenters. The molecule has 3 fully saturated rings. The number of piperazine rings is 1. The van der Waals surface area contributed by atoms with Crippen LogP contribution in [0.5, 0.6) is 0 Å². The SMILES string of the molecule is O=C(CN1CCN(C(=NCC2CCCCO2)NCCc2ccco2)CC1)N1CCOCC1. The molecular formula is C23H37N5O4. The van der Waals surface area contributed by atoms with E-state index in [2.05, 4.69) is 15.1 Å². The van der Waals surface area contributed by atoms with Crippen LogP contribution < -0.4 is 5.32 Å². The number of aliphatic imine (C=N–C) groups is 1. The number of morpholine rings is 1. The summed E-state index contributed by atoms with van der Waals surface area (Å²) >= 11 is 0. The highest BCUT2D eigenvalue weighted by Gasteiger charge is 2.24. The fraction of sp³-hybridized carbons (Fsp3) is 0.739. The fourth-order valence-corrected chi connectivity index (χ4v) is 4.38. The van der Waals surface area contributed by atoms with Gasteiger partial charge in [-0.2, -0.15) is 0 Å². The molecule has 3 saturated heterocycles. The Balaban J connectivity index is 1.27. The van der Waals surface area contributed by atoms with Crippen LogP contribution in [0.25, 0.3) is 0 Å². The third kappa shape index (κ3) is 6.95. The van der Waals surface area contributed by atoms with E-state index in [1.165, 1.54) is 6.42 Å². The molecule has 3 aliphatic heterocycles. The summed E-state index contributed by atoms with van der Waals surface area (Å²) in [7, 11) is 0. The number of hydrogen-bond donors (Lipinski definition) is 1. The number of ether oxygens (including phenoxy) is 2. The minimum absolute atomic E-state index is 0.210. The summed E-state index contributed by atoms with van der Waals surface area (Å²) in [5.41, 5.74) is 0. The number of guanidine groups is 1. The quantitative estimate of drug-likeness (QED) is 0.489. The van der Waals surface area contributed by atoms with Gasteiger partial charge < -0.3 is 29.0 Å². The third-order valence-corrected chi connectivity index (χ3v) is 6.35. The van der Waals surface area contributed by atoms with Crippen molar-refractivity contribution in [3.8, 4) is 0 Å². The normalized spacial score (nSPS) is 23.4. The molecule has 32 heavy (non-hydrogen) atoms. The summed E-state index contributed by atoms with van der Waals surface area (Å²) in [6.07, 6.45) is 6.21. The standard InChI is InChI=1S/C23H37N5O4/c29-22(27-12-16-30-17-13-27)19-26-8-10-28(11-9-26)23(24-7-6-20-5-3-15-31-20)25-18-21-4-1-2-14-32-21/h3,5,15,21H,1-2,4,6-14,16-19H2,(H,24,25). The molecule has 9 nitrogen and oxygen atoms in total. The molecule has 4 rings (SSSR count). The van der Waals surface area contributed by atoms with E-state index in [-0.39, 0.29) is 12.0 Å². The minimum Gasteiger partial charge on any atom is -0.469 e. The van der Waals surface area contributed by atoms with Crippen LogP contribution in [-0.2, 0) is 20.7 Å². The van der Waals surface area contributed by atoms with Crippen molar-refractivity contribution < 1.29 is 18.7 Å². The Morgan fingerprint density at radius 1 is 1.06 bits per heavy atom. The van der Waals surface area contributed by atoms with Gasteiger partial charge in [0.05, 0.1) is 38.7 Å². The number of rotatable bonds is 7. The Morgan fingerprint density at radius 3 is 2.62 bits per heavy atom. The van der Waals surface area contributed by atoms with Gasteiger partial charge in [0.25, 0.3) is 0 Å². The monoisotopic (exact) mass is 447 g/mol. The van der Waals surface area contributed by atoms with Gasteiger partial charge in [0, 0.05) is 58.8 Å². The number of furan rings is 1. The lowest BCUT2D eigenvalue weighted by molar-refractivity contribution is -0.136. The summed E-state index contributed by atoms with van der Waals surface area (Å²) in [6, 6.07) is 3.92. The molecule has 0 bridgehead atoms. The third-order valence-electron chi connectivity index (χ3n) is 6.35. The number of nitrogens with one attached hydrogen (secondary N) is 1. The van der Waals surface area contributed by atoms with Crippen LogP contribution in [0.3, 0.4) is 0 Å². The zero-order chi connectivity index (χ0) is 22.0. The van der Waals surface area contributed by atoms with Crippen LogP contribution in [0, 0.1) is 0 Å². The largest absolute Gasteiger partial charge is 0.469 e. The van der Waals surface area contributed by atoms with Gasteiger partial charge in [-0.3, -0.25) is 14.7 Å². The molecule has 1 aromatic rings. The Labute approximate surface area is 190 Å². The highest BCUT2D eigenvalue weighted by Crippen LogP contribution is 2.13. The summed E-state index contributed by atoms with van der Waals surface area (Å²) in [5.74, 6) is 2.12. The molecule has 1 atom stereocenters. The second kappa shape index (κ2) is 12.2. The molecule has 0 aromatic carbocycles. The molecule has 3 aliphatic rings. The zero-order valence-corrected chi connectivity index (χ0v) is 19.0. The number of carbonyl (C=O) groups excluding carboxylic acids is 1. The first-order valence-electron chi connectivity index (χ1n) is 12.0. The van der Waals surface area contributed by atoms with E-state index in [1.54, 1.807) is 6.26 Å². The maximum absolute atomic E-state index is 12.6. The molecule has 178 valence electrons. The highest BCUT2D eigenvalue weighted by atomic mass is 16.5. The van der Waals surface area contributed by atoms with Gasteiger partial charge in [-0.15, -0.1) is 0 Å². The molecule has 0 radical (unpaired) electrons. The van der Waals surface area contributed by atoms with Crippen LogP contribution in [0.2, 0.25) is 0 Å². The second-order valence-electron chi connectivity index (χ2n) is 8.67. The number of nitrogens with zero attached hydrogens (tertiary/aromatic N) is 4. The van der Waals surface area contributed by atoms with Gasteiger partial charge in [0.2, 0.25) is 5.91 Å². The van der Waals surface area contributed by atoms with Crippen molar-refractivity contribution >= 4 is 11.9 Å². The Bertz CT molecular complexity index is 706.